The molecule has 0 radical (unpaired) electrons. The van der Waals surface area contributed by atoms with Gasteiger partial charge >= 0.3 is 0 Å². The summed E-state index contributed by atoms with van der Waals surface area (Å²) < 4.78 is 4.91. The van der Waals surface area contributed by atoms with Crippen molar-refractivity contribution >= 4 is 23.2 Å². The summed E-state index contributed by atoms with van der Waals surface area (Å²) in [7, 11) is 0. The number of halogens is 2. The molecular formula is C11H17Cl2NO. The van der Waals surface area contributed by atoms with Crippen LogP contribution in [0.25, 0.3) is 0 Å². The van der Waals surface area contributed by atoms with Crippen LogP contribution in [0.2, 0.25) is 0 Å². The fourth-order valence-corrected chi connectivity index (χ4v) is 4.73. The van der Waals surface area contributed by atoms with Crippen molar-refractivity contribution in [1.29, 1.82) is 0 Å². The number of morpholine rings is 1. The van der Waals surface area contributed by atoms with E-state index in [1.54, 1.807) is 0 Å². The summed E-state index contributed by atoms with van der Waals surface area (Å²) >= 11 is 13.0. The molecule has 1 aliphatic heterocycles. The number of fused-ring (bicyclic) bond motifs is 1. The summed E-state index contributed by atoms with van der Waals surface area (Å²) in [6, 6.07) is 0. The van der Waals surface area contributed by atoms with Crippen LogP contribution in [0, 0.1) is 5.92 Å². The topological polar surface area (TPSA) is 12.5 Å². The molecule has 1 saturated heterocycles. The molecule has 0 spiro atoms. The zero-order chi connectivity index (χ0) is 10.5. The van der Waals surface area contributed by atoms with Gasteiger partial charge < -0.3 is 4.74 Å². The lowest BCUT2D eigenvalue weighted by Gasteiger charge is -2.38. The lowest BCUT2D eigenvalue weighted by Crippen LogP contribution is -2.49. The summed E-state index contributed by atoms with van der Waals surface area (Å²) in [4.78, 5) is 2.49. The normalized spacial score (nSPS) is 44.8. The Kier molecular flexibility index (Phi) is 2.48. The van der Waals surface area contributed by atoms with Crippen LogP contribution in [0.3, 0.4) is 0 Å². The molecule has 15 heavy (non-hydrogen) atoms. The van der Waals surface area contributed by atoms with E-state index in [2.05, 4.69) is 4.90 Å². The fourth-order valence-electron chi connectivity index (χ4n) is 3.57. The molecule has 3 aliphatic rings. The summed E-state index contributed by atoms with van der Waals surface area (Å²) in [6.45, 7) is 3.66. The maximum absolute atomic E-state index is 6.49. The third-order valence-electron chi connectivity index (χ3n) is 4.38. The standard InChI is InChI=1S/C11H17Cl2NO/c12-11(13)9-3-1-2-4-10(9,11)14-5-7-15-8-6-14/h9H,1-8H2. The minimum absolute atomic E-state index is 0.0954. The zero-order valence-corrected chi connectivity index (χ0v) is 10.4. The molecule has 0 aromatic heterocycles. The minimum Gasteiger partial charge on any atom is -0.379 e. The molecule has 2 atom stereocenters. The molecule has 3 fully saturated rings. The maximum Gasteiger partial charge on any atom is 0.141 e. The van der Waals surface area contributed by atoms with E-state index in [4.69, 9.17) is 27.9 Å². The first-order valence-electron chi connectivity index (χ1n) is 5.90. The van der Waals surface area contributed by atoms with Crippen LogP contribution < -0.4 is 0 Å². The van der Waals surface area contributed by atoms with Crippen LogP contribution in [0.1, 0.15) is 25.7 Å². The van der Waals surface area contributed by atoms with Crippen LogP contribution in [-0.2, 0) is 4.74 Å². The SMILES string of the molecule is ClC1(Cl)C2CCCCC21N1CCOCC1. The Morgan fingerprint density at radius 2 is 1.87 bits per heavy atom. The molecule has 0 aromatic rings. The summed E-state index contributed by atoms with van der Waals surface area (Å²) in [6.07, 6.45) is 4.93. The number of rotatable bonds is 1. The van der Waals surface area contributed by atoms with Crippen molar-refractivity contribution in [3.8, 4) is 0 Å². The molecule has 2 aliphatic carbocycles. The highest BCUT2D eigenvalue weighted by molar-refractivity contribution is 6.52. The molecule has 0 bridgehead atoms. The first-order valence-corrected chi connectivity index (χ1v) is 6.66. The molecule has 0 aromatic carbocycles. The number of nitrogens with zero attached hydrogens (tertiary/aromatic N) is 1. The Balaban J connectivity index is 1.82. The van der Waals surface area contributed by atoms with Crippen molar-refractivity contribution in [3.63, 3.8) is 0 Å². The molecule has 2 saturated carbocycles. The number of hydrogen-bond acceptors (Lipinski definition) is 2. The fraction of sp³-hybridized carbons (Fsp3) is 1.00. The van der Waals surface area contributed by atoms with Crippen molar-refractivity contribution in [3.05, 3.63) is 0 Å². The van der Waals surface area contributed by atoms with Crippen molar-refractivity contribution in [2.45, 2.75) is 35.6 Å². The van der Waals surface area contributed by atoms with Crippen molar-refractivity contribution in [1.82, 2.24) is 4.90 Å². The van der Waals surface area contributed by atoms with Gasteiger partial charge in [-0.15, -0.1) is 0 Å². The van der Waals surface area contributed by atoms with Crippen LogP contribution in [0.15, 0.2) is 0 Å². The van der Waals surface area contributed by atoms with Crippen LogP contribution in [0.5, 0.6) is 0 Å². The van der Waals surface area contributed by atoms with Gasteiger partial charge in [0.1, 0.15) is 4.33 Å². The van der Waals surface area contributed by atoms with E-state index in [0.717, 1.165) is 26.3 Å². The molecule has 0 N–H and O–H groups in total. The highest BCUT2D eigenvalue weighted by Gasteiger charge is 2.77. The maximum atomic E-state index is 6.49. The molecule has 2 unspecified atom stereocenters. The molecule has 86 valence electrons. The predicted octanol–water partition coefficient (Wildman–Crippen LogP) is 2.44. The molecule has 0 amide bonds. The second kappa shape index (κ2) is 3.49. The summed E-state index contributed by atoms with van der Waals surface area (Å²) in [5.74, 6) is 0.500. The van der Waals surface area contributed by atoms with E-state index < -0.39 is 4.33 Å². The van der Waals surface area contributed by atoms with Crippen molar-refractivity contribution in [2.24, 2.45) is 5.92 Å². The van der Waals surface area contributed by atoms with Crippen LogP contribution >= 0.6 is 23.2 Å². The van der Waals surface area contributed by atoms with Gasteiger partial charge in [0.05, 0.1) is 18.8 Å². The van der Waals surface area contributed by atoms with Crippen molar-refractivity contribution < 1.29 is 4.74 Å². The number of hydrogen-bond donors (Lipinski definition) is 0. The highest BCUT2D eigenvalue weighted by atomic mass is 35.5. The van der Waals surface area contributed by atoms with Gasteiger partial charge in [0.25, 0.3) is 0 Å². The second-order valence-corrected chi connectivity index (χ2v) is 6.33. The molecule has 4 heteroatoms. The smallest absolute Gasteiger partial charge is 0.141 e. The lowest BCUT2D eigenvalue weighted by atomic mass is 9.93. The Hall–Kier alpha value is 0.500. The monoisotopic (exact) mass is 249 g/mol. The van der Waals surface area contributed by atoms with E-state index in [0.29, 0.717) is 5.92 Å². The van der Waals surface area contributed by atoms with Gasteiger partial charge in [0, 0.05) is 19.0 Å². The molecule has 2 nitrogen and oxygen atoms in total. The second-order valence-electron chi connectivity index (χ2n) is 4.95. The van der Waals surface area contributed by atoms with E-state index >= 15 is 0 Å². The molecule has 3 rings (SSSR count). The summed E-state index contributed by atoms with van der Waals surface area (Å²) in [5.41, 5.74) is 0.0954. The Morgan fingerprint density at radius 3 is 2.53 bits per heavy atom. The highest BCUT2D eigenvalue weighted by Crippen LogP contribution is 2.71. The van der Waals surface area contributed by atoms with Gasteiger partial charge in [-0.1, -0.05) is 36.0 Å². The van der Waals surface area contributed by atoms with E-state index in [-0.39, 0.29) is 5.54 Å². The quantitative estimate of drug-likeness (QED) is 0.663. The van der Waals surface area contributed by atoms with Crippen molar-refractivity contribution in [2.75, 3.05) is 26.3 Å². The molecule has 1 heterocycles. The van der Waals surface area contributed by atoms with E-state index in [1.807, 2.05) is 0 Å². The third-order valence-corrected chi connectivity index (χ3v) is 5.57. The van der Waals surface area contributed by atoms with Gasteiger partial charge in [0.15, 0.2) is 0 Å². The first kappa shape index (κ1) is 10.6. The Morgan fingerprint density at radius 1 is 1.13 bits per heavy atom. The molecular weight excluding hydrogens is 233 g/mol. The van der Waals surface area contributed by atoms with Crippen LogP contribution in [0.4, 0.5) is 0 Å². The van der Waals surface area contributed by atoms with Crippen LogP contribution in [-0.4, -0.2) is 41.1 Å². The number of alkyl halides is 2. The first-order chi connectivity index (χ1) is 7.19. The van der Waals surface area contributed by atoms with Gasteiger partial charge in [-0.05, 0) is 12.8 Å². The third kappa shape index (κ3) is 1.32. The van der Waals surface area contributed by atoms with Gasteiger partial charge in [0.2, 0.25) is 0 Å². The minimum atomic E-state index is -0.485. The Bertz CT molecular complexity index is 265. The van der Waals surface area contributed by atoms with E-state index in [1.165, 1.54) is 25.7 Å². The lowest BCUT2D eigenvalue weighted by molar-refractivity contribution is -0.00179. The predicted molar refractivity (Wildman–Crippen MR) is 61.5 cm³/mol. The summed E-state index contributed by atoms with van der Waals surface area (Å²) in [5, 5.41) is 0. The van der Waals surface area contributed by atoms with E-state index in [9.17, 15) is 0 Å². The average molecular weight is 250 g/mol. The van der Waals surface area contributed by atoms with Gasteiger partial charge in [-0.2, -0.15) is 0 Å². The Labute approximate surface area is 101 Å². The number of ether oxygens (including phenoxy) is 1. The largest absolute Gasteiger partial charge is 0.379 e. The van der Waals surface area contributed by atoms with Gasteiger partial charge in [-0.3, -0.25) is 4.90 Å². The van der Waals surface area contributed by atoms with Gasteiger partial charge in [-0.25, -0.2) is 0 Å². The average Bonchev–Trinajstić information content (AvgIpc) is 2.80. The zero-order valence-electron chi connectivity index (χ0n) is 8.85.